The molecule has 0 aromatic rings. The number of unbranched alkanes of at least 4 members (excludes halogenated alkanes) is 1. The molecule has 0 fully saturated rings. The minimum atomic E-state index is 0.610. The van der Waals surface area contributed by atoms with E-state index in [1.807, 2.05) is 0 Å². The molecule has 0 rings (SSSR count). The molecule has 2 heteroatoms. The average Bonchev–Trinajstić information content (AvgIpc) is 2.01. The maximum Gasteiger partial charge on any atom is 0.00410 e. The number of rotatable bonds is 8. The highest BCUT2D eigenvalue weighted by Gasteiger charge is 2.02. The smallest absolute Gasteiger partial charge is 0.00410 e. The lowest BCUT2D eigenvalue weighted by Gasteiger charge is -2.16. The summed E-state index contributed by atoms with van der Waals surface area (Å²) in [4.78, 5) is 0. The molecule has 0 bridgehead atoms. The van der Waals surface area contributed by atoms with Gasteiger partial charge in [-0.2, -0.15) is 0 Å². The van der Waals surface area contributed by atoms with E-state index in [0.717, 1.165) is 6.54 Å². The second-order valence-corrected chi connectivity index (χ2v) is 4.83. The Kier molecular flexibility index (Phi) is 8.20. The standard InChI is InChI=1S/C12H28N2/c1-10(2)13-9-7-6-8-12(5)14-11(3)4/h10-14H,6-9H2,1-5H3. The van der Waals surface area contributed by atoms with Crippen LogP contribution in [0, 0.1) is 0 Å². The fourth-order valence-corrected chi connectivity index (χ4v) is 1.62. The quantitative estimate of drug-likeness (QED) is 0.588. The first-order valence-corrected chi connectivity index (χ1v) is 6.01. The Morgan fingerprint density at radius 2 is 1.50 bits per heavy atom. The Hall–Kier alpha value is -0.0800. The number of hydrogen-bond acceptors (Lipinski definition) is 2. The van der Waals surface area contributed by atoms with Crippen molar-refractivity contribution in [3.63, 3.8) is 0 Å². The van der Waals surface area contributed by atoms with Crippen LogP contribution < -0.4 is 10.6 Å². The van der Waals surface area contributed by atoms with E-state index in [-0.39, 0.29) is 0 Å². The highest BCUT2D eigenvalue weighted by molar-refractivity contribution is 4.64. The second-order valence-electron chi connectivity index (χ2n) is 4.83. The van der Waals surface area contributed by atoms with Crippen LogP contribution in [0.4, 0.5) is 0 Å². The van der Waals surface area contributed by atoms with E-state index in [4.69, 9.17) is 0 Å². The first-order valence-electron chi connectivity index (χ1n) is 6.01. The van der Waals surface area contributed by atoms with Gasteiger partial charge in [0.2, 0.25) is 0 Å². The van der Waals surface area contributed by atoms with Crippen molar-refractivity contribution in [2.75, 3.05) is 6.54 Å². The van der Waals surface area contributed by atoms with Crippen LogP contribution in [-0.4, -0.2) is 24.7 Å². The maximum atomic E-state index is 3.52. The molecule has 0 spiro atoms. The molecule has 0 aliphatic rings. The van der Waals surface area contributed by atoms with Crippen molar-refractivity contribution in [3.8, 4) is 0 Å². The molecule has 0 heterocycles. The van der Waals surface area contributed by atoms with E-state index in [2.05, 4.69) is 45.3 Å². The Bertz CT molecular complexity index is 121. The van der Waals surface area contributed by atoms with Crippen LogP contribution >= 0.6 is 0 Å². The fourth-order valence-electron chi connectivity index (χ4n) is 1.62. The van der Waals surface area contributed by atoms with Gasteiger partial charge in [0.25, 0.3) is 0 Å². The highest BCUT2D eigenvalue weighted by atomic mass is 14.9. The molecular weight excluding hydrogens is 172 g/mol. The van der Waals surface area contributed by atoms with Crippen LogP contribution in [0.3, 0.4) is 0 Å². The lowest BCUT2D eigenvalue weighted by Crippen LogP contribution is -2.32. The van der Waals surface area contributed by atoms with Crippen molar-refractivity contribution in [3.05, 3.63) is 0 Å². The Morgan fingerprint density at radius 1 is 0.857 bits per heavy atom. The largest absolute Gasteiger partial charge is 0.315 e. The molecule has 0 aliphatic carbocycles. The summed E-state index contributed by atoms with van der Waals surface area (Å²) in [6.45, 7) is 12.2. The van der Waals surface area contributed by atoms with Crippen LogP contribution in [0.2, 0.25) is 0 Å². The van der Waals surface area contributed by atoms with Gasteiger partial charge in [-0.15, -0.1) is 0 Å². The van der Waals surface area contributed by atoms with Gasteiger partial charge < -0.3 is 10.6 Å². The molecule has 0 aromatic carbocycles. The summed E-state index contributed by atoms with van der Waals surface area (Å²) < 4.78 is 0. The molecule has 86 valence electrons. The van der Waals surface area contributed by atoms with Gasteiger partial charge in [-0.1, -0.05) is 34.1 Å². The molecular formula is C12H28N2. The summed E-state index contributed by atoms with van der Waals surface area (Å²) in [6, 6.07) is 1.90. The molecule has 1 unspecified atom stereocenters. The minimum absolute atomic E-state index is 0.610. The molecule has 0 saturated carbocycles. The van der Waals surface area contributed by atoms with E-state index < -0.39 is 0 Å². The molecule has 1 atom stereocenters. The zero-order valence-electron chi connectivity index (χ0n) is 10.6. The molecule has 0 saturated heterocycles. The zero-order chi connectivity index (χ0) is 11.0. The van der Waals surface area contributed by atoms with Crippen molar-refractivity contribution in [2.24, 2.45) is 0 Å². The zero-order valence-corrected chi connectivity index (χ0v) is 10.6. The van der Waals surface area contributed by atoms with Gasteiger partial charge in [-0.05, 0) is 26.3 Å². The van der Waals surface area contributed by atoms with Crippen molar-refractivity contribution in [1.82, 2.24) is 10.6 Å². The van der Waals surface area contributed by atoms with Gasteiger partial charge in [-0.25, -0.2) is 0 Å². The van der Waals surface area contributed by atoms with E-state index in [9.17, 15) is 0 Å². The summed E-state index contributed by atoms with van der Waals surface area (Å²) in [5.41, 5.74) is 0. The van der Waals surface area contributed by atoms with E-state index >= 15 is 0 Å². The molecule has 2 N–H and O–H groups in total. The van der Waals surface area contributed by atoms with Crippen LogP contribution in [-0.2, 0) is 0 Å². The Labute approximate surface area is 89.9 Å². The summed E-state index contributed by atoms with van der Waals surface area (Å²) in [6.07, 6.45) is 3.90. The van der Waals surface area contributed by atoms with Crippen LogP contribution in [0.25, 0.3) is 0 Å². The predicted octanol–water partition coefficient (Wildman–Crippen LogP) is 2.54. The van der Waals surface area contributed by atoms with Gasteiger partial charge in [-0.3, -0.25) is 0 Å². The molecule has 0 aromatic heterocycles. The Morgan fingerprint density at radius 3 is 2.00 bits per heavy atom. The summed E-state index contributed by atoms with van der Waals surface area (Å²) in [5.74, 6) is 0. The van der Waals surface area contributed by atoms with Gasteiger partial charge in [0.15, 0.2) is 0 Å². The topological polar surface area (TPSA) is 24.1 Å². The van der Waals surface area contributed by atoms with Crippen molar-refractivity contribution in [2.45, 2.75) is 72.0 Å². The van der Waals surface area contributed by atoms with E-state index in [1.165, 1.54) is 19.3 Å². The molecule has 0 radical (unpaired) electrons. The lowest BCUT2D eigenvalue weighted by molar-refractivity contribution is 0.442. The van der Waals surface area contributed by atoms with Gasteiger partial charge in [0, 0.05) is 18.1 Å². The maximum absolute atomic E-state index is 3.52. The third kappa shape index (κ3) is 10.0. The van der Waals surface area contributed by atoms with Gasteiger partial charge >= 0.3 is 0 Å². The monoisotopic (exact) mass is 200 g/mol. The first kappa shape index (κ1) is 13.9. The van der Waals surface area contributed by atoms with Crippen LogP contribution in [0.1, 0.15) is 53.9 Å². The average molecular weight is 200 g/mol. The minimum Gasteiger partial charge on any atom is -0.315 e. The van der Waals surface area contributed by atoms with E-state index in [1.54, 1.807) is 0 Å². The number of hydrogen-bond donors (Lipinski definition) is 2. The van der Waals surface area contributed by atoms with Crippen molar-refractivity contribution < 1.29 is 0 Å². The number of nitrogens with one attached hydrogen (secondary N) is 2. The molecule has 2 nitrogen and oxygen atoms in total. The molecule has 0 amide bonds. The first-order chi connectivity index (χ1) is 6.52. The van der Waals surface area contributed by atoms with Crippen molar-refractivity contribution >= 4 is 0 Å². The lowest BCUT2D eigenvalue weighted by atomic mass is 10.1. The van der Waals surface area contributed by atoms with E-state index in [0.29, 0.717) is 18.1 Å². The third-order valence-electron chi connectivity index (χ3n) is 2.23. The van der Waals surface area contributed by atoms with Crippen molar-refractivity contribution in [1.29, 1.82) is 0 Å². The van der Waals surface area contributed by atoms with Gasteiger partial charge in [0.1, 0.15) is 0 Å². The fraction of sp³-hybridized carbons (Fsp3) is 1.00. The normalized spacial score (nSPS) is 13.9. The Balaban J connectivity index is 3.19. The summed E-state index contributed by atoms with van der Waals surface area (Å²) in [7, 11) is 0. The highest BCUT2D eigenvalue weighted by Crippen LogP contribution is 2.00. The SMILES string of the molecule is CC(C)NCCCCC(C)NC(C)C. The molecule has 0 aliphatic heterocycles. The summed E-state index contributed by atoms with van der Waals surface area (Å²) >= 11 is 0. The predicted molar refractivity (Wildman–Crippen MR) is 64.7 cm³/mol. The summed E-state index contributed by atoms with van der Waals surface area (Å²) in [5, 5.41) is 6.96. The van der Waals surface area contributed by atoms with Gasteiger partial charge in [0.05, 0.1) is 0 Å². The molecule has 14 heavy (non-hydrogen) atoms. The van der Waals surface area contributed by atoms with Crippen LogP contribution in [0.15, 0.2) is 0 Å². The third-order valence-corrected chi connectivity index (χ3v) is 2.23. The van der Waals surface area contributed by atoms with Crippen LogP contribution in [0.5, 0.6) is 0 Å². The second kappa shape index (κ2) is 8.25.